The topological polar surface area (TPSA) is 88.5 Å². The first kappa shape index (κ1) is 16.4. The monoisotopic (exact) mass is 313 g/mol. The van der Waals surface area contributed by atoms with E-state index in [1.54, 1.807) is 0 Å². The van der Waals surface area contributed by atoms with Gasteiger partial charge in [0.25, 0.3) is 11.9 Å². The van der Waals surface area contributed by atoms with Crippen molar-refractivity contribution in [1.82, 2.24) is 15.3 Å². The Kier molecular flexibility index (Phi) is 5.62. The average Bonchev–Trinajstić information content (AvgIpc) is 2.55. The van der Waals surface area contributed by atoms with E-state index in [1.165, 1.54) is 19.5 Å². The van der Waals surface area contributed by atoms with Gasteiger partial charge in [-0.25, -0.2) is 9.97 Å². The molecule has 0 aliphatic rings. The molecule has 2 N–H and O–H groups in total. The maximum atomic E-state index is 12.2. The van der Waals surface area contributed by atoms with Gasteiger partial charge < -0.3 is 15.4 Å². The minimum Gasteiger partial charge on any atom is -0.468 e. The number of nitrogens with zero attached hydrogens (tertiary/aromatic N) is 3. The average molecular weight is 313 g/mol. The van der Waals surface area contributed by atoms with E-state index in [1.807, 2.05) is 44.2 Å². The molecular formula is C16H19N5O2. The van der Waals surface area contributed by atoms with Crippen molar-refractivity contribution in [2.45, 2.75) is 19.9 Å². The van der Waals surface area contributed by atoms with Gasteiger partial charge >= 0.3 is 0 Å². The standard InChI is InChI=1S/C16H19N5O2/c1-11(2)19-15(22)13-14(18-10-9-17-13)21-16(23-3)20-12-7-5-4-6-8-12/h4-11H,1-3H3,(H,19,22)(H,18,20,21). The normalized spacial score (nSPS) is 11.2. The number of ether oxygens (including phenoxy) is 1. The predicted molar refractivity (Wildman–Crippen MR) is 88.8 cm³/mol. The summed E-state index contributed by atoms with van der Waals surface area (Å²) in [5.74, 6) is -0.145. The summed E-state index contributed by atoms with van der Waals surface area (Å²) in [6.07, 6.45) is 2.92. The van der Waals surface area contributed by atoms with Crippen LogP contribution in [0.15, 0.2) is 47.7 Å². The summed E-state index contributed by atoms with van der Waals surface area (Å²) in [7, 11) is 1.49. The third kappa shape index (κ3) is 4.77. The molecule has 0 atom stereocenters. The molecule has 0 fully saturated rings. The summed E-state index contributed by atoms with van der Waals surface area (Å²) < 4.78 is 5.21. The largest absolute Gasteiger partial charge is 0.468 e. The first-order valence-electron chi connectivity index (χ1n) is 7.16. The number of aromatic nitrogens is 2. The highest BCUT2D eigenvalue weighted by atomic mass is 16.5. The van der Waals surface area contributed by atoms with Crippen molar-refractivity contribution in [2.75, 3.05) is 12.4 Å². The summed E-state index contributed by atoms with van der Waals surface area (Å²) in [5.41, 5.74) is 0.954. The van der Waals surface area contributed by atoms with Gasteiger partial charge in [0.05, 0.1) is 7.11 Å². The van der Waals surface area contributed by atoms with Crippen LogP contribution in [0.5, 0.6) is 0 Å². The number of amidine groups is 1. The molecule has 2 rings (SSSR count). The molecule has 1 heterocycles. The molecule has 2 aromatic rings. The number of aliphatic imine (C=N–C) groups is 1. The molecule has 23 heavy (non-hydrogen) atoms. The molecule has 0 saturated heterocycles. The van der Waals surface area contributed by atoms with Crippen LogP contribution in [0.3, 0.4) is 0 Å². The highest BCUT2D eigenvalue weighted by Crippen LogP contribution is 2.14. The number of amides is 1. The first-order chi connectivity index (χ1) is 11.1. The Morgan fingerprint density at radius 3 is 2.52 bits per heavy atom. The summed E-state index contributed by atoms with van der Waals surface area (Å²) in [4.78, 5) is 24.6. The lowest BCUT2D eigenvalue weighted by Gasteiger charge is -2.10. The van der Waals surface area contributed by atoms with Crippen molar-refractivity contribution >= 4 is 23.4 Å². The zero-order valence-corrected chi connectivity index (χ0v) is 13.3. The Hall–Kier alpha value is -2.96. The lowest BCUT2D eigenvalue weighted by molar-refractivity contribution is 0.0938. The number of nitrogens with one attached hydrogen (secondary N) is 2. The number of para-hydroxylation sites is 1. The van der Waals surface area contributed by atoms with Gasteiger partial charge in [-0.05, 0) is 26.0 Å². The van der Waals surface area contributed by atoms with Gasteiger partial charge in [-0.1, -0.05) is 18.2 Å². The van der Waals surface area contributed by atoms with E-state index in [2.05, 4.69) is 25.6 Å². The molecule has 7 heteroatoms. The summed E-state index contributed by atoms with van der Waals surface area (Å²) >= 11 is 0. The first-order valence-corrected chi connectivity index (χ1v) is 7.16. The van der Waals surface area contributed by atoms with Crippen molar-refractivity contribution in [2.24, 2.45) is 4.99 Å². The van der Waals surface area contributed by atoms with E-state index >= 15 is 0 Å². The van der Waals surface area contributed by atoms with E-state index in [0.717, 1.165) is 5.69 Å². The highest BCUT2D eigenvalue weighted by molar-refractivity contribution is 5.98. The van der Waals surface area contributed by atoms with Gasteiger partial charge in [0.1, 0.15) is 0 Å². The van der Waals surface area contributed by atoms with E-state index in [9.17, 15) is 4.79 Å². The van der Waals surface area contributed by atoms with Crippen LogP contribution in [0.4, 0.5) is 11.5 Å². The van der Waals surface area contributed by atoms with Gasteiger partial charge in [0, 0.05) is 24.1 Å². The minimum absolute atomic E-state index is 0.00863. The Morgan fingerprint density at radius 1 is 1.17 bits per heavy atom. The van der Waals surface area contributed by atoms with Crippen molar-refractivity contribution in [1.29, 1.82) is 0 Å². The van der Waals surface area contributed by atoms with Gasteiger partial charge in [-0.3, -0.25) is 4.79 Å². The molecule has 0 spiro atoms. The minimum atomic E-state index is -0.331. The Labute approximate surface area is 134 Å². The molecule has 0 bridgehead atoms. The zero-order valence-electron chi connectivity index (χ0n) is 13.3. The van der Waals surface area contributed by atoms with Crippen molar-refractivity contribution in [3.63, 3.8) is 0 Å². The second-order valence-electron chi connectivity index (χ2n) is 4.97. The van der Waals surface area contributed by atoms with Crippen LogP contribution in [0.1, 0.15) is 24.3 Å². The van der Waals surface area contributed by atoms with Gasteiger partial charge in [0.15, 0.2) is 11.5 Å². The third-order valence-corrected chi connectivity index (χ3v) is 2.74. The molecular weight excluding hydrogens is 294 g/mol. The Morgan fingerprint density at radius 2 is 1.87 bits per heavy atom. The summed E-state index contributed by atoms with van der Waals surface area (Å²) in [5, 5.41) is 5.78. The number of carbonyl (C=O) groups is 1. The lowest BCUT2D eigenvalue weighted by atomic mass is 10.3. The lowest BCUT2D eigenvalue weighted by Crippen LogP contribution is -2.31. The summed E-state index contributed by atoms with van der Waals surface area (Å²) in [6, 6.07) is 9.64. The van der Waals surface area contributed by atoms with Crippen LogP contribution in [0.2, 0.25) is 0 Å². The van der Waals surface area contributed by atoms with Crippen LogP contribution in [-0.2, 0) is 4.74 Å². The summed E-state index contributed by atoms with van der Waals surface area (Å²) in [6.45, 7) is 3.74. The predicted octanol–water partition coefficient (Wildman–Crippen LogP) is 2.36. The Balaban J connectivity index is 2.27. The number of benzene rings is 1. The van der Waals surface area contributed by atoms with Crippen LogP contribution in [0, 0.1) is 0 Å². The van der Waals surface area contributed by atoms with Crippen molar-refractivity contribution in [3.05, 3.63) is 48.4 Å². The fraction of sp³-hybridized carbons (Fsp3) is 0.250. The number of rotatable bonds is 4. The molecule has 7 nitrogen and oxygen atoms in total. The quantitative estimate of drug-likeness (QED) is 0.668. The molecule has 0 aliphatic heterocycles. The molecule has 1 aromatic heterocycles. The number of hydrogen-bond acceptors (Lipinski definition) is 5. The third-order valence-electron chi connectivity index (χ3n) is 2.74. The van der Waals surface area contributed by atoms with Crippen molar-refractivity contribution in [3.8, 4) is 0 Å². The van der Waals surface area contributed by atoms with E-state index < -0.39 is 0 Å². The number of anilines is 1. The van der Waals surface area contributed by atoms with Gasteiger partial charge in [0.2, 0.25) is 0 Å². The second-order valence-corrected chi connectivity index (χ2v) is 4.97. The van der Waals surface area contributed by atoms with Gasteiger partial charge in [-0.15, -0.1) is 0 Å². The van der Waals surface area contributed by atoms with Crippen LogP contribution >= 0.6 is 0 Å². The highest BCUT2D eigenvalue weighted by Gasteiger charge is 2.15. The van der Waals surface area contributed by atoms with E-state index in [4.69, 9.17) is 4.74 Å². The SMILES string of the molecule is COC(=Nc1nccnc1C(=O)NC(C)C)Nc1ccccc1. The molecule has 1 aromatic carbocycles. The van der Waals surface area contributed by atoms with E-state index in [-0.39, 0.29) is 29.5 Å². The molecule has 120 valence electrons. The molecule has 0 radical (unpaired) electrons. The van der Waals surface area contributed by atoms with Gasteiger partial charge in [-0.2, -0.15) is 4.99 Å². The molecule has 0 unspecified atom stereocenters. The molecule has 0 aliphatic carbocycles. The fourth-order valence-electron chi connectivity index (χ4n) is 1.77. The number of carbonyl (C=O) groups excluding carboxylic acids is 1. The zero-order chi connectivity index (χ0) is 16.7. The molecule has 0 saturated carbocycles. The Bertz CT molecular complexity index is 686. The molecule has 1 amide bonds. The maximum Gasteiger partial charge on any atom is 0.295 e. The number of hydrogen-bond donors (Lipinski definition) is 2. The number of methoxy groups -OCH3 is 1. The second kappa shape index (κ2) is 7.88. The van der Waals surface area contributed by atoms with Crippen LogP contribution in [-0.4, -0.2) is 35.0 Å². The smallest absolute Gasteiger partial charge is 0.295 e. The van der Waals surface area contributed by atoms with Crippen LogP contribution < -0.4 is 10.6 Å². The maximum absolute atomic E-state index is 12.2. The van der Waals surface area contributed by atoms with E-state index in [0.29, 0.717) is 0 Å². The fourth-order valence-corrected chi connectivity index (χ4v) is 1.77. The van der Waals surface area contributed by atoms with Crippen molar-refractivity contribution < 1.29 is 9.53 Å². The van der Waals surface area contributed by atoms with Crippen LogP contribution in [0.25, 0.3) is 0 Å².